The molecule has 144 valence electrons. The van der Waals surface area contributed by atoms with Gasteiger partial charge in [0.25, 0.3) is 0 Å². The minimum Gasteiger partial charge on any atom is -0.508 e. The van der Waals surface area contributed by atoms with Gasteiger partial charge >= 0.3 is 0 Å². The molecule has 3 aromatic carbocycles. The molecule has 0 fully saturated rings. The first-order chi connectivity index (χ1) is 13.8. The minimum absolute atomic E-state index is 0.211. The Balaban J connectivity index is 1.29. The first kappa shape index (κ1) is 18.6. The van der Waals surface area contributed by atoms with Gasteiger partial charge in [0.15, 0.2) is 0 Å². The second-order valence-electron chi connectivity index (χ2n) is 7.75. The molecule has 0 aliphatic carbocycles. The van der Waals surface area contributed by atoms with Crippen molar-refractivity contribution in [1.29, 1.82) is 0 Å². The van der Waals surface area contributed by atoms with Crippen LogP contribution in [0.1, 0.15) is 41.5 Å². The molecule has 0 bridgehead atoms. The van der Waals surface area contributed by atoms with E-state index >= 15 is 0 Å². The quantitative estimate of drug-likeness (QED) is 0.499. The lowest BCUT2D eigenvalue weighted by Crippen LogP contribution is -2.13. The van der Waals surface area contributed by atoms with Gasteiger partial charge in [0.1, 0.15) is 17.6 Å². The predicted octanol–water partition coefficient (Wildman–Crippen LogP) is 5.89. The molecule has 1 heterocycles. The highest BCUT2D eigenvalue weighted by molar-refractivity contribution is 5.48. The van der Waals surface area contributed by atoms with Crippen LogP contribution in [0.2, 0.25) is 0 Å². The van der Waals surface area contributed by atoms with E-state index in [1.54, 1.807) is 0 Å². The number of unbranched alkanes of at least 4 members (excludes halogenated alkanes) is 1. The van der Waals surface area contributed by atoms with Gasteiger partial charge in [-0.15, -0.1) is 0 Å². The molecule has 0 aromatic heterocycles. The SMILES string of the molecule is Oc1cc2c(cc1CCCCc1ccccc1)OC(CCc1ccccc1)C2. The molecule has 2 heteroatoms. The number of hydrogen-bond donors (Lipinski definition) is 1. The van der Waals surface area contributed by atoms with E-state index in [-0.39, 0.29) is 6.10 Å². The Morgan fingerprint density at radius 2 is 1.43 bits per heavy atom. The van der Waals surface area contributed by atoms with Crippen LogP contribution in [0, 0.1) is 0 Å². The van der Waals surface area contributed by atoms with Crippen LogP contribution < -0.4 is 4.74 Å². The first-order valence-electron chi connectivity index (χ1n) is 10.4. The van der Waals surface area contributed by atoms with Gasteiger partial charge in [0.2, 0.25) is 0 Å². The standard InChI is InChI=1S/C26H28O2/c27-25-18-23-17-24(16-15-21-11-5-2-6-12-21)28-26(23)19-22(25)14-8-7-13-20-9-3-1-4-10-20/h1-6,9-12,18-19,24,27H,7-8,13-17H2. The third-order valence-electron chi connectivity index (χ3n) is 5.61. The van der Waals surface area contributed by atoms with Gasteiger partial charge in [0, 0.05) is 12.0 Å². The van der Waals surface area contributed by atoms with Crippen molar-refractivity contribution in [2.24, 2.45) is 0 Å². The van der Waals surface area contributed by atoms with E-state index in [9.17, 15) is 5.11 Å². The zero-order chi connectivity index (χ0) is 19.2. The highest BCUT2D eigenvalue weighted by Crippen LogP contribution is 2.36. The third-order valence-corrected chi connectivity index (χ3v) is 5.61. The van der Waals surface area contributed by atoms with E-state index in [1.807, 2.05) is 6.07 Å². The van der Waals surface area contributed by atoms with E-state index in [4.69, 9.17) is 4.74 Å². The van der Waals surface area contributed by atoms with Crippen molar-refractivity contribution in [1.82, 2.24) is 0 Å². The summed E-state index contributed by atoms with van der Waals surface area (Å²) in [6, 6.07) is 25.1. The molecule has 2 nitrogen and oxygen atoms in total. The van der Waals surface area contributed by atoms with Gasteiger partial charge in [-0.05, 0) is 67.3 Å². The average molecular weight is 373 g/mol. The van der Waals surface area contributed by atoms with E-state index in [0.717, 1.165) is 61.8 Å². The second-order valence-corrected chi connectivity index (χ2v) is 7.75. The van der Waals surface area contributed by atoms with Gasteiger partial charge in [-0.25, -0.2) is 0 Å². The first-order valence-corrected chi connectivity index (χ1v) is 10.4. The number of hydrogen-bond acceptors (Lipinski definition) is 2. The van der Waals surface area contributed by atoms with Crippen molar-refractivity contribution in [3.8, 4) is 11.5 Å². The molecule has 0 spiro atoms. The van der Waals surface area contributed by atoms with Crippen LogP contribution in [-0.2, 0) is 25.7 Å². The van der Waals surface area contributed by atoms with Crippen LogP contribution >= 0.6 is 0 Å². The summed E-state index contributed by atoms with van der Waals surface area (Å²) < 4.78 is 6.19. The maximum Gasteiger partial charge on any atom is 0.123 e. The van der Waals surface area contributed by atoms with Crippen LogP contribution in [0.3, 0.4) is 0 Å². The lowest BCUT2D eigenvalue weighted by atomic mass is 9.99. The number of phenolic OH excluding ortho intramolecular Hbond substituents is 1. The minimum atomic E-state index is 0.211. The van der Waals surface area contributed by atoms with Crippen LogP contribution in [0.25, 0.3) is 0 Å². The lowest BCUT2D eigenvalue weighted by molar-refractivity contribution is 0.221. The fourth-order valence-electron chi connectivity index (χ4n) is 4.01. The third kappa shape index (κ3) is 4.75. The monoisotopic (exact) mass is 372 g/mol. The number of aromatic hydroxyl groups is 1. The number of rotatable bonds is 8. The highest BCUT2D eigenvalue weighted by Gasteiger charge is 2.24. The predicted molar refractivity (Wildman–Crippen MR) is 114 cm³/mol. The van der Waals surface area contributed by atoms with E-state index < -0.39 is 0 Å². The fraction of sp³-hybridized carbons (Fsp3) is 0.308. The van der Waals surface area contributed by atoms with Gasteiger partial charge in [0.05, 0.1) is 0 Å². The van der Waals surface area contributed by atoms with Gasteiger partial charge < -0.3 is 9.84 Å². The number of benzene rings is 3. The molecule has 0 amide bonds. The molecule has 0 saturated heterocycles. The summed E-state index contributed by atoms with van der Waals surface area (Å²) in [6.45, 7) is 0. The summed E-state index contributed by atoms with van der Waals surface area (Å²) in [6.07, 6.45) is 7.31. The molecule has 1 N–H and O–H groups in total. The Morgan fingerprint density at radius 3 is 2.14 bits per heavy atom. The topological polar surface area (TPSA) is 29.5 Å². The van der Waals surface area contributed by atoms with Gasteiger partial charge in [-0.1, -0.05) is 60.7 Å². The van der Waals surface area contributed by atoms with Gasteiger partial charge in [-0.3, -0.25) is 0 Å². The number of phenols is 1. The average Bonchev–Trinajstić information content (AvgIpc) is 3.13. The van der Waals surface area contributed by atoms with Crippen molar-refractivity contribution >= 4 is 0 Å². The van der Waals surface area contributed by atoms with Gasteiger partial charge in [-0.2, -0.15) is 0 Å². The Morgan fingerprint density at radius 1 is 0.786 bits per heavy atom. The molecule has 0 radical (unpaired) electrons. The summed E-state index contributed by atoms with van der Waals surface area (Å²) >= 11 is 0. The van der Waals surface area contributed by atoms with Crippen molar-refractivity contribution in [2.75, 3.05) is 0 Å². The molecule has 0 saturated carbocycles. The highest BCUT2D eigenvalue weighted by atomic mass is 16.5. The zero-order valence-electron chi connectivity index (χ0n) is 16.3. The molecule has 4 rings (SSSR count). The van der Waals surface area contributed by atoms with Crippen LogP contribution in [-0.4, -0.2) is 11.2 Å². The molecule has 1 aliphatic heterocycles. The molecule has 1 aliphatic rings. The number of aryl methyl sites for hydroxylation is 3. The van der Waals surface area contributed by atoms with Crippen LogP contribution in [0.4, 0.5) is 0 Å². The summed E-state index contributed by atoms with van der Waals surface area (Å²) in [4.78, 5) is 0. The largest absolute Gasteiger partial charge is 0.508 e. The summed E-state index contributed by atoms with van der Waals surface area (Å²) in [5.74, 6) is 1.39. The van der Waals surface area contributed by atoms with Crippen molar-refractivity contribution < 1.29 is 9.84 Å². The Kier molecular flexibility index (Phi) is 5.96. The molecular weight excluding hydrogens is 344 g/mol. The molecule has 28 heavy (non-hydrogen) atoms. The zero-order valence-corrected chi connectivity index (χ0v) is 16.3. The van der Waals surface area contributed by atoms with Crippen LogP contribution in [0.5, 0.6) is 11.5 Å². The smallest absolute Gasteiger partial charge is 0.123 e. The Labute approximate surface area is 167 Å². The fourth-order valence-corrected chi connectivity index (χ4v) is 4.01. The molecular formula is C26H28O2. The lowest BCUT2D eigenvalue weighted by Gasteiger charge is -2.11. The van der Waals surface area contributed by atoms with E-state index in [0.29, 0.717) is 5.75 Å². The molecule has 3 aromatic rings. The summed E-state index contributed by atoms with van der Waals surface area (Å²) in [5, 5.41) is 10.4. The maximum atomic E-state index is 10.4. The molecule has 1 unspecified atom stereocenters. The van der Waals surface area contributed by atoms with E-state index in [1.165, 1.54) is 11.1 Å². The Bertz CT molecular complexity index is 886. The Hall–Kier alpha value is -2.74. The van der Waals surface area contributed by atoms with Crippen molar-refractivity contribution in [2.45, 2.75) is 51.0 Å². The van der Waals surface area contributed by atoms with Crippen molar-refractivity contribution in [3.05, 3.63) is 95.1 Å². The summed E-state index contributed by atoms with van der Waals surface area (Å²) in [7, 11) is 0. The molecule has 1 atom stereocenters. The second kappa shape index (κ2) is 8.97. The number of ether oxygens (including phenoxy) is 1. The van der Waals surface area contributed by atoms with Crippen LogP contribution in [0.15, 0.2) is 72.8 Å². The van der Waals surface area contributed by atoms with E-state index in [2.05, 4.69) is 66.7 Å². The van der Waals surface area contributed by atoms with Crippen molar-refractivity contribution in [3.63, 3.8) is 0 Å². The maximum absolute atomic E-state index is 10.4. The summed E-state index contributed by atoms with van der Waals surface area (Å²) in [5.41, 5.74) is 4.88. The normalized spacial score (nSPS) is 15.2. The number of fused-ring (bicyclic) bond motifs is 1.